The molecule has 0 saturated heterocycles. The van der Waals surface area contributed by atoms with Gasteiger partial charge in [-0.2, -0.15) is 13.9 Å². The Morgan fingerprint density at radius 2 is 1.97 bits per heavy atom. The third-order valence-corrected chi connectivity index (χ3v) is 5.05. The normalized spacial score (nSPS) is 16.4. The lowest BCUT2D eigenvalue weighted by Crippen LogP contribution is -2.32. The summed E-state index contributed by atoms with van der Waals surface area (Å²) in [6.45, 7) is 0.332. The van der Waals surface area contributed by atoms with E-state index >= 15 is 0 Å². The summed E-state index contributed by atoms with van der Waals surface area (Å²) in [7, 11) is 1.40. The predicted octanol–water partition coefficient (Wildman–Crippen LogP) is 4.84. The lowest BCUT2D eigenvalue weighted by molar-refractivity contribution is -0.384. The molecule has 1 aliphatic rings. The lowest BCUT2D eigenvalue weighted by Gasteiger charge is -2.31. The van der Waals surface area contributed by atoms with Crippen molar-refractivity contribution in [1.82, 2.24) is 5.01 Å². The molecule has 30 heavy (non-hydrogen) atoms. The van der Waals surface area contributed by atoms with Gasteiger partial charge in [0.15, 0.2) is 11.5 Å². The van der Waals surface area contributed by atoms with Gasteiger partial charge in [0.05, 0.1) is 24.3 Å². The van der Waals surface area contributed by atoms with Crippen molar-refractivity contribution in [2.24, 2.45) is 11.0 Å². The number of benzene rings is 2. The number of nitro groups is 1. The molecule has 0 aromatic heterocycles. The molecule has 0 saturated carbocycles. The molecule has 1 aliphatic heterocycles. The van der Waals surface area contributed by atoms with Crippen LogP contribution in [0.5, 0.6) is 11.5 Å². The Labute approximate surface area is 173 Å². The van der Waals surface area contributed by atoms with E-state index in [-0.39, 0.29) is 23.1 Å². The van der Waals surface area contributed by atoms with E-state index in [2.05, 4.69) is 11.7 Å². The van der Waals surface area contributed by atoms with Crippen LogP contribution in [0.3, 0.4) is 0 Å². The van der Waals surface area contributed by atoms with Crippen molar-refractivity contribution in [3.63, 3.8) is 0 Å². The molecule has 0 bridgehead atoms. The van der Waals surface area contributed by atoms with E-state index in [4.69, 9.17) is 9.84 Å². The molecule has 0 fully saturated rings. The molecule has 9 heteroatoms. The molecule has 2 aromatic carbocycles. The highest BCUT2D eigenvalue weighted by Gasteiger charge is 2.25. The van der Waals surface area contributed by atoms with Crippen LogP contribution in [0.15, 0.2) is 47.6 Å². The van der Waals surface area contributed by atoms with Crippen LogP contribution in [-0.4, -0.2) is 35.9 Å². The van der Waals surface area contributed by atoms with E-state index in [1.165, 1.54) is 25.3 Å². The lowest BCUT2D eigenvalue weighted by atomic mass is 9.90. The highest BCUT2D eigenvalue weighted by Crippen LogP contribution is 2.32. The highest BCUT2D eigenvalue weighted by molar-refractivity contribution is 6.02. The zero-order valence-electron chi connectivity index (χ0n) is 16.8. The summed E-state index contributed by atoms with van der Waals surface area (Å²) < 4.78 is 35.3. The standard InChI is InChI=1S/C21H23F2N3O4/c1-3-15-10-11-25(13-14-4-7-17(8-5-14)26(27)28)24-20(15)16-6-9-18(29-2)19(12-16)30-21(22)23/h4-9,12,15,21H,3,10-11,13H2,1-2H3. The first-order valence-corrected chi connectivity index (χ1v) is 9.61. The van der Waals surface area contributed by atoms with Gasteiger partial charge >= 0.3 is 6.61 Å². The molecule has 0 radical (unpaired) electrons. The molecule has 0 amide bonds. The van der Waals surface area contributed by atoms with Crippen LogP contribution in [0.25, 0.3) is 0 Å². The number of hydrogen-bond acceptors (Lipinski definition) is 6. The van der Waals surface area contributed by atoms with Crippen LogP contribution in [0.2, 0.25) is 0 Å². The minimum Gasteiger partial charge on any atom is -0.493 e. The number of hydrogen-bond donors (Lipinski definition) is 0. The summed E-state index contributed by atoms with van der Waals surface area (Å²) in [5.41, 5.74) is 2.44. The van der Waals surface area contributed by atoms with Gasteiger partial charge in [0.2, 0.25) is 0 Å². The predicted molar refractivity (Wildman–Crippen MR) is 108 cm³/mol. The van der Waals surface area contributed by atoms with E-state index in [9.17, 15) is 18.9 Å². The Bertz CT molecular complexity index is 919. The van der Waals surface area contributed by atoms with Crippen LogP contribution in [-0.2, 0) is 6.54 Å². The maximum absolute atomic E-state index is 12.8. The van der Waals surface area contributed by atoms with Gasteiger partial charge in [-0.1, -0.05) is 19.1 Å². The second-order valence-corrected chi connectivity index (χ2v) is 6.93. The van der Waals surface area contributed by atoms with Crippen LogP contribution in [0, 0.1) is 16.0 Å². The van der Waals surface area contributed by atoms with Crippen LogP contribution in [0.1, 0.15) is 30.9 Å². The molecular formula is C21H23F2N3O4. The van der Waals surface area contributed by atoms with Crippen LogP contribution in [0.4, 0.5) is 14.5 Å². The Kier molecular flexibility index (Phi) is 6.81. The van der Waals surface area contributed by atoms with Crippen molar-refractivity contribution in [2.45, 2.75) is 32.9 Å². The van der Waals surface area contributed by atoms with Gasteiger partial charge in [-0.3, -0.25) is 15.1 Å². The fraction of sp³-hybridized carbons (Fsp3) is 0.381. The Morgan fingerprint density at radius 1 is 1.23 bits per heavy atom. The molecule has 1 heterocycles. The summed E-state index contributed by atoms with van der Waals surface area (Å²) in [4.78, 5) is 10.4. The molecule has 0 N–H and O–H groups in total. The quantitative estimate of drug-likeness (QED) is 0.452. The highest BCUT2D eigenvalue weighted by atomic mass is 19.3. The van der Waals surface area contributed by atoms with Gasteiger partial charge < -0.3 is 9.47 Å². The van der Waals surface area contributed by atoms with E-state index < -0.39 is 11.5 Å². The zero-order valence-corrected chi connectivity index (χ0v) is 16.8. The Balaban J connectivity index is 1.87. The van der Waals surface area contributed by atoms with Crippen molar-refractivity contribution >= 4 is 11.4 Å². The third kappa shape index (κ3) is 5.03. The van der Waals surface area contributed by atoms with E-state index in [0.29, 0.717) is 12.1 Å². The van der Waals surface area contributed by atoms with Crippen molar-refractivity contribution in [2.75, 3.05) is 13.7 Å². The van der Waals surface area contributed by atoms with E-state index in [1.54, 1.807) is 24.3 Å². The summed E-state index contributed by atoms with van der Waals surface area (Å²) in [5.74, 6) is 0.382. The van der Waals surface area contributed by atoms with Gasteiger partial charge in [0.25, 0.3) is 5.69 Å². The topological polar surface area (TPSA) is 77.2 Å². The minimum atomic E-state index is -2.96. The molecule has 0 aliphatic carbocycles. The summed E-state index contributed by atoms with van der Waals surface area (Å²) in [6, 6.07) is 11.3. The largest absolute Gasteiger partial charge is 0.493 e. The summed E-state index contributed by atoms with van der Waals surface area (Å²) in [5, 5.41) is 17.5. The number of nitrogens with zero attached hydrogens (tertiary/aromatic N) is 3. The second-order valence-electron chi connectivity index (χ2n) is 6.93. The second kappa shape index (κ2) is 9.51. The van der Waals surface area contributed by atoms with Crippen LogP contribution < -0.4 is 9.47 Å². The smallest absolute Gasteiger partial charge is 0.387 e. The minimum absolute atomic E-state index is 0.0324. The fourth-order valence-electron chi connectivity index (χ4n) is 3.49. The van der Waals surface area contributed by atoms with E-state index in [1.807, 2.05) is 5.01 Å². The fourth-order valence-corrected chi connectivity index (χ4v) is 3.49. The molecule has 2 aromatic rings. The first-order chi connectivity index (χ1) is 14.4. The number of ether oxygens (including phenoxy) is 2. The van der Waals surface area contributed by atoms with Crippen molar-refractivity contribution in [3.8, 4) is 11.5 Å². The molecule has 160 valence electrons. The number of non-ortho nitro benzene ring substituents is 1. The number of halogens is 2. The first kappa shape index (κ1) is 21.5. The Hall–Kier alpha value is -3.23. The average Bonchev–Trinajstić information content (AvgIpc) is 2.73. The first-order valence-electron chi connectivity index (χ1n) is 9.61. The number of rotatable bonds is 8. The number of hydrazone groups is 1. The number of methoxy groups -OCH3 is 1. The van der Waals surface area contributed by atoms with Gasteiger partial charge in [-0.25, -0.2) is 0 Å². The molecule has 3 rings (SSSR count). The molecule has 1 unspecified atom stereocenters. The summed E-state index contributed by atoms with van der Waals surface area (Å²) in [6.07, 6.45) is 1.72. The molecule has 1 atom stereocenters. The van der Waals surface area contributed by atoms with E-state index in [0.717, 1.165) is 30.7 Å². The maximum Gasteiger partial charge on any atom is 0.387 e. The van der Waals surface area contributed by atoms with Crippen molar-refractivity contribution < 1.29 is 23.2 Å². The number of nitro benzene ring substituents is 1. The maximum atomic E-state index is 12.8. The van der Waals surface area contributed by atoms with Crippen LogP contribution >= 0.6 is 0 Å². The number of alkyl halides is 2. The average molecular weight is 419 g/mol. The monoisotopic (exact) mass is 419 g/mol. The van der Waals surface area contributed by atoms with Gasteiger partial charge in [-0.15, -0.1) is 0 Å². The summed E-state index contributed by atoms with van der Waals surface area (Å²) >= 11 is 0. The van der Waals surface area contributed by atoms with Gasteiger partial charge in [-0.05, 0) is 36.6 Å². The molecular weight excluding hydrogens is 396 g/mol. The molecule has 7 nitrogen and oxygen atoms in total. The van der Waals surface area contributed by atoms with Crippen molar-refractivity contribution in [1.29, 1.82) is 0 Å². The SMILES string of the molecule is CCC1CCN(Cc2ccc([N+](=O)[O-])cc2)N=C1c1ccc(OC)c(OC(F)F)c1. The molecule has 0 spiro atoms. The zero-order chi connectivity index (χ0) is 21.7. The van der Waals surface area contributed by atoms with Gasteiger partial charge in [0, 0.05) is 30.2 Å². The Morgan fingerprint density at radius 3 is 2.57 bits per heavy atom. The van der Waals surface area contributed by atoms with Gasteiger partial charge in [0.1, 0.15) is 0 Å². The van der Waals surface area contributed by atoms with Crippen molar-refractivity contribution in [3.05, 3.63) is 63.7 Å². The third-order valence-electron chi connectivity index (χ3n) is 5.05.